The Labute approximate surface area is 222 Å². The first kappa shape index (κ1) is 25.1. The summed E-state index contributed by atoms with van der Waals surface area (Å²) in [6.45, 7) is 4.95. The number of carbonyl (C=O) groups excluding carboxylic acids is 2. The van der Waals surface area contributed by atoms with E-state index in [1.807, 2.05) is 32.0 Å². The highest BCUT2D eigenvalue weighted by Gasteiger charge is 2.30. The molecule has 0 bridgehead atoms. The van der Waals surface area contributed by atoms with Gasteiger partial charge in [0.2, 0.25) is 5.01 Å². The van der Waals surface area contributed by atoms with E-state index in [0.717, 1.165) is 22.5 Å². The molecule has 0 aliphatic carbocycles. The number of alkyl carbamates (subject to hydrolysis) is 1. The molecule has 1 fully saturated rings. The summed E-state index contributed by atoms with van der Waals surface area (Å²) in [5, 5.41) is 29.0. The number of nitrogens with zero attached hydrogens (tertiary/aromatic N) is 7. The van der Waals surface area contributed by atoms with Crippen LogP contribution in [0.1, 0.15) is 35.6 Å². The van der Waals surface area contributed by atoms with Crippen molar-refractivity contribution in [2.45, 2.75) is 32.4 Å². The van der Waals surface area contributed by atoms with Crippen LogP contribution in [-0.4, -0.2) is 74.0 Å². The highest BCUT2D eigenvalue weighted by atomic mass is 32.1. The second-order valence-electron chi connectivity index (χ2n) is 9.11. The number of amides is 2. The zero-order chi connectivity index (χ0) is 26.8. The van der Waals surface area contributed by atoms with E-state index in [1.54, 1.807) is 21.7 Å². The van der Waals surface area contributed by atoms with Crippen molar-refractivity contribution in [1.29, 1.82) is 5.26 Å². The van der Waals surface area contributed by atoms with Gasteiger partial charge in [-0.15, -0.1) is 10.2 Å². The molecule has 0 spiro atoms. The van der Waals surface area contributed by atoms with Gasteiger partial charge in [0.1, 0.15) is 6.07 Å². The maximum atomic E-state index is 13.1. The first-order chi connectivity index (χ1) is 18.4. The number of nitriles is 1. The average Bonchev–Trinajstić information content (AvgIpc) is 3.67. The number of hydrogen-bond acceptors (Lipinski definition) is 10. The molecule has 0 aromatic carbocycles. The zero-order valence-corrected chi connectivity index (χ0v) is 21.8. The zero-order valence-electron chi connectivity index (χ0n) is 21.0. The van der Waals surface area contributed by atoms with Gasteiger partial charge in [0.25, 0.3) is 5.91 Å². The summed E-state index contributed by atoms with van der Waals surface area (Å²) in [7, 11) is 1.31. The molecule has 5 heterocycles. The number of rotatable bonds is 6. The maximum Gasteiger partial charge on any atom is 0.407 e. The fourth-order valence-electron chi connectivity index (χ4n) is 4.29. The molecule has 1 aliphatic heterocycles. The predicted molar refractivity (Wildman–Crippen MR) is 141 cm³/mol. The Morgan fingerprint density at radius 1 is 1.24 bits per heavy atom. The number of carbonyl (C=O) groups is 2. The summed E-state index contributed by atoms with van der Waals surface area (Å²) in [5.74, 6) is -0.228. The highest BCUT2D eigenvalue weighted by molar-refractivity contribution is 7.16. The van der Waals surface area contributed by atoms with Crippen LogP contribution in [-0.2, 0) is 4.74 Å². The first-order valence-corrected chi connectivity index (χ1v) is 12.8. The summed E-state index contributed by atoms with van der Waals surface area (Å²) in [4.78, 5) is 30.9. The lowest BCUT2D eigenvalue weighted by atomic mass is 10.1. The minimum absolute atomic E-state index is 0.127. The third-order valence-electron chi connectivity index (χ3n) is 6.06. The number of likely N-dealkylation sites (tertiary alicyclic amines) is 1. The van der Waals surface area contributed by atoms with Gasteiger partial charge in [-0.3, -0.25) is 9.78 Å². The lowest BCUT2D eigenvalue weighted by molar-refractivity contribution is 0.0787. The number of nitrogens with one attached hydrogen (secondary N) is 2. The maximum absolute atomic E-state index is 13.1. The molecule has 13 heteroatoms. The van der Waals surface area contributed by atoms with Gasteiger partial charge in [0, 0.05) is 31.0 Å². The monoisotopic (exact) mass is 531 g/mol. The minimum atomic E-state index is -0.514. The standard InChI is InChI=1S/C25H25N9O3S/c1-14(2)29-19-9-20(21-5-4-17-8-15(10-26)11-28-34(17)21)27-12-18(19)22-31-32-23(38-22)24(35)33-7-6-16(13-33)30-25(36)37-3/h4-5,8-9,11-12,14,16H,6-7,13H2,1-3H3,(H,27,29)(H,30,36)/t16-/m1/s1. The van der Waals surface area contributed by atoms with E-state index in [1.165, 1.54) is 24.6 Å². The molecule has 4 aromatic rings. The third-order valence-corrected chi connectivity index (χ3v) is 7.01. The number of hydrogen-bond donors (Lipinski definition) is 2. The van der Waals surface area contributed by atoms with E-state index >= 15 is 0 Å². The Bertz CT molecular complexity index is 1560. The van der Waals surface area contributed by atoms with Crippen LogP contribution < -0.4 is 10.6 Å². The quantitative estimate of drug-likeness (QED) is 0.382. The van der Waals surface area contributed by atoms with Crippen molar-refractivity contribution in [3.8, 4) is 28.0 Å². The molecule has 4 aromatic heterocycles. The van der Waals surface area contributed by atoms with Crippen molar-refractivity contribution in [3.63, 3.8) is 0 Å². The molecule has 5 rings (SSSR count). The van der Waals surface area contributed by atoms with Gasteiger partial charge in [-0.1, -0.05) is 11.3 Å². The van der Waals surface area contributed by atoms with Crippen molar-refractivity contribution in [2.75, 3.05) is 25.5 Å². The van der Waals surface area contributed by atoms with Crippen molar-refractivity contribution in [2.24, 2.45) is 0 Å². The Balaban J connectivity index is 1.41. The molecule has 2 amide bonds. The minimum Gasteiger partial charge on any atom is -0.453 e. The Morgan fingerprint density at radius 2 is 2.08 bits per heavy atom. The van der Waals surface area contributed by atoms with Crippen LogP contribution in [0, 0.1) is 11.3 Å². The topological polar surface area (TPSA) is 150 Å². The molecule has 0 radical (unpaired) electrons. The number of pyridine rings is 1. The summed E-state index contributed by atoms with van der Waals surface area (Å²) in [5.41, 5.74) is 4.27. The van der Waals surface area contributed by atoms with E-state index in [4.69, 9.17) is 5.26 Å². The number of anilines is 1. The van der Waals surface area contributed by atoms with Crippen molar-refractivity contribution < 1.29 is 14.3 Å². The lowest BCUT2D eigenvalue weighted by Crippen LogP contribution is -2.38. The van der Waals surface area contributed by atoms with Gasteiger partial charge in [-0.05, 0) is 44.5 Å². The number of aromatic nitrogens is 5. The number of fused-ring (bicyclic) bond motifs is 1. The average molecular weight is 532 g/mol. The molecule has 12 nitrogen and oxygen atoms in total. The van der Waals surface area contributed by atoms with E-state index in [2.05, 4.69) is 41.7 Å². The first-order valence-electron chi connectivity index (χ1n) is 12.0. The normalized spacial score (nSPS) is 15.0. The van der Waals surface area contributed by atoms with Crippen LogP contribution in [0.3, 0.4) is 0 Å². The van der Waals surface area contributed by atoms with Gasteiger partial charge >= 0.3 is 6.09 Å². The summed E-state index contributed by atoms with van der Waals surface area (Å²) in [6.07, 6.45) is 3.36. The van der Waals surface area contributed by atoms with Crippen LogP contribution in [0.5, 0.6) is 0 Å². The lowest BCUT2D eigenvalue weighted by Gasteiger charge is -2.15. The largest absolute Gasteiger partial charge is 0.453 e. The summed E-state index contributed by atoms with van der Waals surface area (Å²) >= 11 is 1.20. The van der Waals surface area contributed by atoms with Gasteiger partial charge in [-0.2, -0.15) is 10.4 Å². The van der Waals surface area contributed by atoms with Crippen molar-refractivity contribution in [1.82, 2.24) is 35.0 Å². The van der Waals surface area contributed by atoms with Gasteiger partial charge in [0.15, 0.2) is 5.01 Å². The summed E-state index contributed by atoms with van der Waals surface area (Å²) < 4.78 is 6.38. The van der Waals surface area contributed by atoms with E-state index in [0.29, 0.717) is 35.8 Å². The number of ether oxygens (including phenoxy) is 1. The molecule has 0 unspecified atom stereocenters. The SMILES string of the molecule is COC(=O)N[C@@H]1CCN(C(=O)c2nnc(-c3cnc(-c4ccc5cc(C#N)cnn45)cc3NC(C)C)s2)C1. The highest BCUT2D eigenvalue weighted by Crippen LogP contribution is 2.34. The van der Waals surface area contributed by atoms with Crippen LogP contribution in [0.15, 0.2) is 36.7 Å². The molecule has 38 heavy (non-hydrogen) atoms. The molecular weight excluding hydrogens is 506 g/mol. The molecule has 1 aliphatic rings. The Kier molecular flexibility index (Phi) is 6.89. The molecule has 0 saturated carbocycles. The number of methoxy groups -OCH3 is 1. The van der Waals surface area contributed by atoms with Crippen molar-refractivity contribution in [3.05, 3.63) is 47.2 Å². The van der Waals surface area contributed by atoms with Crippen LogP contribution >= 0.6 is 11.3 Å². The predicted octanol–water partition coefficient (Wildman–Crippen LogP) is 3.18. The third kappa shape index (κ3) is 4.98. The van der Waals surface area contributed by atoms with Crippen LogP contribution in [0.4, 0.5) is 10.5 Å². The van der Waals surface area contributed by atoms with E-state index < -0.39 is 6.09 Å². The second-order valence-corrected chi connectivity index (χ2v) is 10.1. The fourth-order valence-corrected chi connectivity index (χ4v) is 5.13. The van der Waals surface area contributed by atoms with Gasteiger partial charge in [0.05, 0.1) is 47.4 Å². The van der Waals surface area contributed by atoms with E-state index in [9.17, 15) is 9.59 Å². The summed E-state index contributed by atoms with van der Waals surface area (Å²) in [6, 6.07) is 9.55. The van der Waals surface area contributed by atoms with Gasteiger partial charge in [-0.25, -0.2) is 9.31 Å². The molecule has 1 saturated heterocycles. The molecule has 194 valence electrons. The second kappa shape index (κ2) is 10.4. The van der Waals surface area contributed by atoms with Crippen LogP contribution in [0.2, 0.25) is 0 Å². The van der Waals surface area contributed by atoms with E-state index in [-0.39, 0.29) is 23.0 Å². The molecule has 1 atom stereocenters. The molecule has 2 N–H and O–H groups in total. The van der Waals surface area contributed by atoms with Gasteiger partial charge < -0.3 is 20.3 Å². The van der Waals surface area contributed by atoms with Crippen molar-refractivity contribution >= 4 is 34.5 Å². The molecular formula is C25H25N9O3S. The smallest absolute Gasteiger partial charge is 0.407 e. The fraction of sp³-hybridized carbons (Fsp3) is 0.320. The van der Waals surface area contributed by atoms with Crippen LogP contribution in [0.25, 0.3) is 27.5 Å². The Morgan fingerprint density at radius 3 is 2.84 bits per heavy atom. The Hall–Kier alpha value is -4.57.